The first-order valence-electron chi connectivity index (χ1n) is 6.33. The van der Waals surface area contributed by atoms with Crippen LogP contribution in [0.3, 0.4) is 0 Å². The first-order valence-corrected chi connectivity index (χ1v) is 6.33. The van der Waals surface area contributed by atoms with Gasteiger partial charge in [-0.3, -0.25) is 4.79 Å². The van der Waals surface area contributed by atoms with E-state index in [1.54, 1.807) is 7.11 Å². The Bertz CT molecular complexity index is 390. The monoisotopic (exact) mass is 265 g/mol. The van der Waals surface area contributed by atoms with Crippen LogP contribution in [0.2, 0.25) is 0 Å². The van der Waals surface area contributed by atoms with E-state index in [0.717, 1.165) is 11.3 Å². The molecule has 0 bridgehead atoms. The van der Waals surface area contributed by atoms with Gasteiger partial charge < -0.3 is 20.7 Å². The zero-order valence-corrected chi connectivity index (χ0v) is 11.8. The Morgan fingerprint density at radius 1 is 1.37 bits per heavy atom. The molecule has 5 nitrogen and oxygen atoms in total. The summed E-state index contributed by atoms with van der Waals surface area (Å²) in [6, 6.07) is 7.52. The summed E-state index contributed by atoms with van der Waals surface area (Å²) in [6.45, 7) is 0.985. The summed E-state index contributed by atoms with van der Waals surface area (Å²) in [4.78, 5) is 13.7. The third-order valence-electron chi connectivity index (χ3n) is 2.89. The molecular weight excluding hydrogens is 242 g/mol. The second-order valence-corrected chi connectivity index (χ2v) is 4.67. The van der Waals surface area contributed by atoms with E-state index in [2.05, 4.69) is 5.32 Å². The second kappa shape index (κ2) is 7.76. The number of nitrogens with one attached hydrogen (secondary N) is 1. The Labute approximate surface area is 114 Å². The van der Waals surface area contributed by atoms with E-state index < -0.39 is 6.04 Å². The van der Waals surface area contributed by atoms with E-state index in [1.807, 2.05) is 43.3 Å². The molecule has 3 N–H and O–H groups in total. The van der Waals surface area contributed by atoms with Crippen molar-refractivity contribution in [2.75, 3.05) is 32.7 Å². The summed E-state index contributed by atoms with van der Waals surface area (Å²) in [5, 5.41) is 2.82. The van der Waals surface area contributed by atoms with Crippen LogP contribution in [0.25, 0.3) is 0 Å². The molecule has 106 valence electrons. The van der Waals surface area contributed by atoms with Crippen LogP contribution < -0.4 is 16.0 Å². The number of anilines is 1. The first-order chi connectivity index (χ1) is 9.04. The van der Waals surface area contributed by atoms with Crippen molar-refractivity contribution in [1.82, 2.24) is 5.32 Å². The molecule has 0 aromatic heterocycles. The number of carbonyl (C=O) groups is 1. The number of carbonyl (C=O) groups excluding carboxylic acids is 1. The highest BCUT2D eigenvalue weighted by Gasteiger charge is 2.12. The van der Waals surface area contributed by atoms with Gasteiger partial charge in [-0.05, 0) is 24.1 Å². The first kappa shape index (κ1) is 15.5. The molecule has 0 aliphatic carbocycles. The van der Waals surface area contributed by atoms with Gasteiger partial charge in [0, 0.05) is 40.0 Å². The molecule has 1 amide bonds. The van der Waals surface area contributed by atoms with Crippen molar-refractivity contribution >= 4 is 11.6 Å². The number of ether oxygens (including phenoxy) is 1. The van der Waals surface area contributed by atoms with Crippen molar-refractivity contribution in [2.24, 2.45) is 5.73 Å². The maximum atomic E-state index is 11.7. The predicted octanol–water partition coefficient (Wildman–Crippen LogP) is 0.733. The van der Waals surface area contributed by atoms with E-state index in [4.69, 9.17) is 10.5 Å². The number of amides is 1. The zero-order valence-electron chi connectivity index (χ0n) is 11.8. The summed E-state index contributed by atoms with van der Waals surface area (Å²) < 4.78 is 4.90. The molecule has 1 atom stereocenters. The summed E-state index contributed by atoms with van der Waals surface area (Å²) >= 11 is 0. The maximum absolute atomic E-state index is 11.7. The zero-order chi connectivity index (χ0) is 14.3. The molecular formula is C14H23N3O2. The minimum atomic E-state index is -0.513. The molecule has 0 aliphatic heterocycles. The number of rotatable bonds is 7. The lowest BCUT2D eigenvalue weighted by atomic mass is 10.2. The second-order valence-electron chi connectivity index (χ2n) is 4.67. The summed E-state index contributed by atoms with van der Waals surface area (Å²) in [5.41, 5.74) is 7.92. The third kappa shape index (κ3) is 5.28. The number of hydrogen-bond donors (Lipinski definition) is 2. The molecule has 19 heavy (non-hydrogen) atoms. The fourth-order valence-corrected chi connectivity index (χ4v) is 1.61. The Morgan fingerprint density at radius 2 is 2.00 bits per heavy atom. The van der Waals surface area contributed by atoms with Crippen molar-refractivity contribution in [3.05, 3.63) is 29.8 Å². The van der Waals surface area contributed by atoms with Gasteiger partial charge in [-0.15, -0.1) is 0 Å². The SMILES string of the molecule is COCCC(N)C(=O)NCc1ccc(N(C)C)cc1. The lowest BCUT2D eigenvalue weighted by Gasteiger charge is -2.14. The maximum Gasteiger partial charge on any atom is 0.237 e. The molecule has 1 aromatic rings. The largest absolute Gasteiger partial charge is 0.385 e. The minimum absolute atomic E-state index is 0.145. The fraction of sp³-hybridized carbons (Fsp3) is 0.500. The van der Waals surface area contributed by atoms with Crippen LogP contribution in [-0.4, -0.2) is 39.8 Å². The lowest BCUT2D eigenvalue weighted by molar-refractivity contribution is -0.122. The average Bonchev–Trinajstić information content (AvgIpc) is 2.42. The fourth-order valence-electron chi connectivity index (χ4n) is 1.61. The van der Waals surface area contributed by atoms with Crippen molar-refractivity contribution < 1.29 is 9.53 Å². The molecule has 5 heteroatoms. The molecule has 1 rings (SSSR count). The van der Waals surface area contributed by atoms with Gasteiger partial charge in [0.15, 0.2) is 0 Å². The highest BCUT2D eigenvalue weighted by atomic mass is 16.5. The normalized spacial score (nSPS) is 12.0. The number of nitrogens with zero attached hydrogens (tertiary/aromatic N) is 1. The van der Waals surface area contributed by atoms with Gasteiger partial charge in [0.1, 0.15) is 0 Å². The van der Waals surface area contributed by atoms with Crippen molar-refractivity contribution in [3.63, 3.8) is 0 Å². The summed E-state index contributed by atoms with van der Waals surface area (Å²) in [7, 11) is 5.58. The quantitative estimate of drug-likeness (QED) is 0.763. The third-order valence-corrected chi connectivity index (χ3v) is 2.89. The van der Waals surface area contributed by atoms with Crippen LogP contribution in [0.4, 0.5) is 5.69 Å². The summed E-state index contributed by atoms with van der Waals surface area (Å²) in [5.74, 6) is -0.145. The van der Waals surface area contributed by atoms with Crippen LogP contribution in [0.1, 0.15) is 12.0 Å². The highest BCUT2D eigenvalue weighted by Crippen LogP contribution is 2.11. The molecule has 0 fully saturated rings. The number of hydrogen-bond acceptors (Lipinski definition) is 4. The van der Waals surface area contributed by atoms with E-state index in [9.17, 15) is 4.79 Å². The van der Waals surface area contributed by atoms with Gasteiger partial charge in [0.05, 0.1) is 6.04 Å². The Morgan fingerprint density at radius 3 is 2.53 bits per heavy atom. The molecule has 0 heterocycles. The van der Waals surface area contributed by atoms with Gasteiger partial charge in [0.25, 0.3) is 0 Å². The van der Waals surface area contributed by atoms with Crippen molar-refractivity contribution in [2.45, 2.75) is 19.0 Å². The van der Waals surface area contributed by atoms with Gasteiger partial charge in [-0.1, -0.05) is 12.1 Å². The van der Waals surface area contributed by atoms with Gasteiger partial charge >= 0.3 is 0 Å². The van der Waals surface area contributed by atoms with Gasteiger partial charge in [-0.25, -0.2) is 0 Å². The Kier molecular flexibility index (Phi) is 6.32. The smallest absolute Gasteiger partial charge is 0.237 e. The van der Waals surface area contributed by atoms with Crippen LogP contribution in [0.15, 0.2) is 24.3 Å². The van der Waals surface area contributed by atoms with Gasteiger partial charge in [-0.2, -0.15) is 0 Å². The molecule has 1 unspecified atom stereocenters. The van der Waals surface area contributed by atoms with E-state index in [-0.39, 0.29) is 5.91 Å². The molecule has 0 aliphatic rings. The van der Waals surface area contributed by atoms with Crippen LogP contribution >= 0.6 is 0 Å². The van der Waals surface area contributed by atoms with Crippen molar-refractivity contribution in [1.29, 1.82) is 0 Å². The number of methoxy groups -OCH3 is 1. The molecule has 1 aromatic carbocycles. The minimum Gasteiger partial charge on any atom is -0.385 e. The molecule has 0 spiro atoms. The van der Waals surface area contributed by atoms with Gasteiger partial charge in [0.2, 0.25) is 5.91 Å². The predicted molar refractivity (Wildman–Crippen MR) is 77.1 cm³/mol. The Hall–Kier alpha value is -1.59. The Balaban J connectivity index is 2.41. The average molecular weight is 265 g/mol. The molecule has 0 saturated heterocycles. The summed E-state index contributed by atoms with van der Waals surface area (Å²) in [6.07, 6.45) is 0.530. The van der Waals surface area contributed by atoms with Crippen molar-refractivity contribution in [3.8, 4) is 0 Å². The molecule has 0 saturated carbocycles. The van der Waals surface area contributed by atoms with Crippen LogP contribution in [0.5, 0.6) is 0 Å². The van der Waals surface area contributed by atoms with Crippen LogP contribution in [0, 0.1) is 0 Å². The topological polar surface area (TPSA) is 67.6 Å². The van der Waals surface area contributed by atoms with Crippen LogP contribution in [-0.2, 0) is 16.1 Å². The number of nitrogens with two attached hydrogens (primary N) is 1. The standard InChI is InChI=1S/C14H23N3O2/c1-17(2)12-6-4-11(5-7-12)10-16-14(18)13(15)8-9-19-3/h4-7,13H,8-10,15H2,1-3H3,(H,16,18). The van der Waals surface area contributed by atoms with E-state index in [1.165, 1.54) is 0 Å². The van der Waals surface area contributed by atoms with E-state index in [0.29, 0.717) is 19.6 Å². The molecule has 0 radical (unpaired) electrons. The van der Waals surface area contributed by atoms with E-state index >= 15 is 0 Å². The number of benzene rings is 1. The highest BCUT2D eigenvalue weighted by molar-refractivity contribution is 5.81. The lowest BCUT2D eigenvalue weighted by Crippen LogP contribution is -2.40.